The number of hydrogen-bond donors (Lipinski definition) is 1. The van der Waals surface area contributed by atoms with Crippen molar-refractivity contribution < 1.29 is 0 Å². The SMILES string of the molecule is CCCCCN(c1ccc(Br)cc1N)C(C)C. The van der Waals surface area contributed by atoms with Gasteiger partial charge in [0.15, 0.2) is 0 Å². The molecule has 0 bridgehead atoms. The minimum atomic E-state index is 0.482. The average Bonchev–Trinajstić information content (AvgIpc) is 2.25. The smallest absolute Gasteiger partial charge is 0.0603 e. The van der Waals surface area contributed by atoms with Gasteiger partial charge in [0.2, 0.25) is 0 Å². The number of nitrogens with two attached hydrogens (primary N) is 1. The van der Waals surface area contributed by atoms with E-state index in [4.69, 9.17) is 5.73 Å². The second-order valence-electron chi connectivity index (χ2n) is 4.70. The Morgan fingerprint density at radius 3 is 2.53 bits per heavy atom. The Balaban J connectivity index is 2.82. The van der Waals surface area contributed by atoms with Gasteiger partial charge in [0.25, 0.3) is 0 Å². The van der Waals surface area contributed by atoms with Crippen molar-refractivity contribution in [2.75, 3.05) is 17.2 Å². The molecule has 0 unspecified atom stereocenters. The Bertz CT molecular complexity index is 350. The predicted octanol–water partition coefficient (Wildman–Crippen LogP) is 4.44. The molecule has 2 N–H and O–H groups in total. The first-order chi connectivity index (χ1) is 8.06. The van der Waals surface area contributed by atoms with Crippen LogP contribution in [0.25, 0.3) is 0 Å². The number of nitrogens with zero attached hydrogens (tertiary/aromatic N) is 1. The van der Waals surface area contributed by atoms with Gasteiger partial charge in [-0.1, -0.05) is 35.7 Å². The van der Waals surface area contributed by atoms with Crippen LogP contribution in [0.4, 0.5) is 11.4 Å². The number of rotatable bonds is 6. The monoisotopic (exact) mass is 298 g/mol. The van der Waals surface area contributed by atoms with E-state index in [-0.39, 0.29) is 0 Å². The van der Waals surface area contributed by atoms with Crippen LogP contribution in [0.5, 0.6) is 0 Å². The van der Waals surface area contributed by atoms with Gasteiger partial charge in [0, 0.05) is 17.1 Å². The lowest BCUT2D eigenvalue weighted by molar-refractivity contribution is 0.626. The van der Waals surface area contributed by atoms with Crippen LogP contribution in [-0.2, 0) is 0 Å². The fourth-order valence-corrected chi connectivity index (χ4v) is 2.35. The van der Waals surface area contributed by atoms with Crippen LogP contribution in [-0.4, -0.2) is 12.6 Å². The molecule has 0 atom stereocenters. The van der Waals surface area contributed by atoms with E-state index in [1.54, 1.807) is 0 Å². The first kappa shape index (κ1) is 14.4. The van der Waals surface area contributed by atoms with Crippen LogP contribution in [0.2, 0.25) is 0 Å². The molecule has 1 aromatic rings. The maximum atomic E-state index is 6.09. The van der Waals surface area contributed by atoms with Crippen molar-refractivity contribution in [3.8, 4) is 0 Å². The Morgan fingerprint density at radius 1 is 1.29 bits per heavy atom. The van der Waals surface area contributed by atoms with E-state index in [0.717, 1.165) is 22.4 Å². The number of anilines is 2. The Kier molecular flexibility index (Phi) is 5.83. The number of unbranched alkanes of at least 4 members (excludes halogenated alkanes) is 2. The fourth-order valence-electron chi connectivity index (χ4n) is 1.98. The standard InChI is InChI=1S/C14H23BrN2/c1-4-5-6-9-17(11(2)3)14-8-7-12(15)10-13(14)16/h7-8,10-11H,4-6,9,16H2,1-3H3. The van der Waals surface area contributed by atoms with Crippen LogP contribution >= 0.6 is 15.9 Å². The third-order valence-electron chi connectivity index (χ3n) is 2.92. The topological polar surface area (TPSA) is 29.3 Å². The molecule has 0 aliphatic heterocycles. The fraction of sp³-hybridized carbons (Fsp3) is 0.571. The van der Waals surface area contributed by atoms with Crippen molar-refractivity contribution in [2.45, 2.75) is 46.1 Å². The highest BCUT2D eigenvalue weighted by molar-refractivity contribution is 9.10. The number of nitrogen functional groups attached to an aromatic ring is 1. The maximum absolute atomic E-state index is 6.09. The highest BCUT2D eigenvalue weighted by Crippen LogP contribution is 2.28. The minimum absolute atomic E-state index is 0.482. The van der Waals surface area contributed by atoms with Gasteiger partial charge in [-0.15, -0.1) is 0 Å². The molecule has 2 nitrogen and oxygen atoms in total. The zero-order valence-electron chi connectivity index (χ0n) is 11.0. The molecule has 0 heterocycles. The molecule has 1 rings (SSSR count). The van der Waals surface area contributed by atoms with E-state index in [2.05, 4.69) is 53.7 Å². The first-order valence-corrected chi connectivity index (χ1v) is 7.17. The molecule has 0 saturated heterocycles. The molecule has 1 aromatic carbocycles. The van der Waals surface area contributed by atoms with E-state index < -0.39 is 0 Å². The summed E-state index contributed by atoms with van der Waals surface area (Å²) < 4.78 is 1.04. The van der Waals surface area contributed by atoms with Crippen molar-refractivity contribution in [2.24, 2.45) is 0 Å². The van der Waals surface area contributed by atoms with E-state index in [9.17, 15) is 0 Å². The lowest BCUT2D eigenvalue weighted by Crippen LogP contribution is -2.32. The third kappa shape index (κ3) is 4.23. The second-order valence-corrected chi connectivity index (χ2v) is 5.61. The van der Waals surface area contributed by atoms with E-state index in [1.807, 2.05) is 6.07 Å². The molecule has 0 spiro atoms. The average molecular weight is 299 g/mol. The van der Waals surface area contributed by atoms with E-state index >= 15 is 0 Å². The zero-order chi connectivity index (χ0) is 12.8. The summed E-state index contributed by atoms with van der Waals surface area (Å²) in [5, 5.41) is 0. The maximum Gasteiger partial charge on any atom is 0.0603 e. The molecule has 0 fully saturated rings. The first-order valence-electron chi connectivity index (χ1n) is 6.38. The molecule has 0 aromatic heterocycles. The van der Waals surface area contributed by atoms with Crippen molar-refractivity contribution in [1.29, 1.82) is 0 Å². The van der Waals surface area contributed by atoms with Gasteiger partial charge in [0.05, 0.1) is 11.4 Å². The van der Waals surface area contributed by atoms with Gasteiger partial charge in [-0.05, 0) is 38.5 Å². The second kappa shape index (κ2) is 6.90. The summed E-state index contributed by atoms with van der Waals surface area (Å²) >= 11 is 3.45. The Labute approximate surface area is 113 Å². The summed E-state index contributed by atoms with van der Waals surface area (Å²) in [4.78, 5) is 2.39. The number of hydrogen-bond acceptors (Lipinski definition) is 2. The Morgan fingerprint density at radius 2 is 2.00 bits per heavy atom. The van der Waals surface area contributed by atoms with E-state index in [1.165, 1.54) is 19.3 Å². The van der Waals surface area contributed by atoms with Crippen molar-refractivity contribution in [3.63, 3.8) is 0 Å². The molecule has 96 valence electrons. The van der Waals surface area contributed by atoms with Crippen molar-refractivity contribution >= 4 is 27.3 Å². The van der Waals surface area contributed by atoms with Gasteiger partial charge < -0.3 is 10.6 Å². The molecule has 3 heteroatoms. The van der Waals surface area contributed by atoms with Gasteiger partial charge in [0.1, 0.15) is 0 Å². The molecular formula is C14H23BrN2. The van der Waals surface area contributed by atoms with Crippen LogP contribution in [0, 0.1) is 0 Å². The highest BCUT2D eigenvalue weighted by Gasteiger charge is 2.12. The molecule has 0 aliphatic rings. The van der Waals surface area contributed by atoms with Crippen molar-refractivity contribution in [1.82, 2.24) is 0 Å². The normalized spacial score (nSPS) is 10.9. The molecule has 0 amide bonds. The van der Waals surface area contributed by atoms with Gasteiger partial charge in [-0.2, -0.15) is 0 Å². The Hall–Kier alpha value is -0.700. The largest absolute Gasteiger partial charge is 0.397 e. The lowest BCUT2D eigenvalue weighted by Gasteiger charge is -2.30. The van der Waals surface area contributed by atoms with E-state index in [0.29, 0.717) is 6.04 Å². The molecule has 0 saturated carbocycles. The molecular weight excluding hydrogens is 276 g/mol. The van der Waals surface area contributed by atoms with Crippen LogP contribution in [0.3, 0.4) is 0 Å². The lowest BCUT2D eigenvalue weighted by atomic mass is 10.1. The van der Waals surface area contributed by atoms with Crippen LogP contribution in [0.15, 0.2) is 22.7 Å². The highest BCUT2D eigenvalue weighted by atomic mass is 79.9. The minimum Gasteiger partial charge on any atom is -0.397 e. The summed E-state index contributed by atoms with van der Waals surface area (Å²) in [5.74, 6) is 0. The third-order valence-corrected chi connectivity index (χ3v) is 3.42. The number of benzene rings is 1. The van der Waals surface area contributed by atoms with Gasteiger partial charge >= 0.3 is 0 Å². The number of halogens is 1. The summed E-state index contributed by atoms with van der Waals surface area (Å²) in [6.45, 7) is 7.74. The van der Waals surface area contributed by atoms with Crippen LogP contribution in [0.1, 0.15) is 40.0 Å². The predicted molar refractivity (Wildman–Crippen MR) is 80.6 cm³/mol. The van der Waals surface area contributed by atoms with Gasteiger partial charge in [-0.25, -0.2) is 0 Å². The summed E-state index contributed by atoms with van der Waals surface area (Å²) in [5.41, 5.74) is 8.10. The van der Waals surface area contributed by atoms with Gasteiger partial charge in [-0.3, -0.25) is 0 Å². The molecule has 17 heavy (non-hydrogen) atoms. The summed E-state index contributed by atoms with van der Waals surface area (Å²) in [6.07, 6.45) is 3.76. The van der Waals surface area contributed by atoms with Crippen LogP contribution < -0.4 is 10.6 Å². The zero-order valence-corrected chi connectivity index (χ0v) is 12.6. The molecule has 0 radical (unpaired) electrons. The van der Waals surface area contributed by atoms with Crippen molar-refractivity contribution in [3.05, 3.63) is 22.7 Å². The summed E-state index contributed by atoms with van der Waals surface area (Å²) in [7, 11) is 0. The summed E-state index contributed by atoms with van der Waals surface area (Å²) in [6, 6.07) is 6.62. The molecule has 0 aliphatic carbocycles. The quantitative estimate of drug-likeness (QED) is 0.621.